The van der Waals surface area contributed by atoms with E-state index in [1.807, 2.05) is 0 Å². The van der Waals surface area contributed by atoms with Crippen LogP contribution in [0, 0.1) is 0 Å². The highest BCUT2D eigenvalue weighted by Crippen LogP contribution is 2.28. The lowest BCUT2D eigenvalue weighted by Crippen LogP contribution is -2.16. The molecule has 6 nitrogen and oxygen atoms in total. The van der Waals surface area contributed by atoms with Gasteiger partial charge in [-0.25, -0.2) is 4.79 Å². The van der Waals surface area contributed by atoms with Gasteiger partial charge in [-0.1, -0.05) is 0 Å². The first-order chi connectivity index (χ1) is 9.70. The summed E-state index contributed by atoms with van der Waals surface area (Å²) in [7, 11) is 6.60. The largest absolute Gasteiger partial charge is 0.478 e. The summed E-state index contributed by atoms with van der Waals surface area (Å²) in [5, 5.41) is 18.7. The third kappa shape index (κ3) is 5.31. The fraction of sp³-hybridized carbons (Fsp3) is 0.308. The second kappa shape index (κ2) is 7.37. The third-order valence-corrected chi connectivity index (χ3v) is 4.32. The number of rotatable bonds is 3. The van der Waals surface area contributed by atoms with Gasteiger partial charge in [0, 0.05) is 35.6 Å². The van der Waals surface area contributed by atoms with Crippen LogP contribution >= 0.6 is 23.5 Å². The van der Waals surface area contributed by atoms with Gasteiger partial charge in [-0.2, -0.15) is 4.58 Å². The number of carbonyl (C=O) groups excluding carboxylic acids is 1. The minimum atomic E-state index is -1.08. The number of aliphatic hydroxyl groups excluding tert-OH is 1. The topological polar surface area (TPSA) is 80.9 Å². The molecule has 1 rings (SSSR count). The molecule has 0 heterocycles. The Balaban J connectivity index is 3.15. The van der Waals surface area contributed by atoms with Crippen molar-refractivity contribution in [2.75, 3.05) is 28.2 Å². The molecule has 0 aliphatic rings. The fourth-order valence-electron chi connectivity index (χ4n) is 1.20. The smallest absolute Gasteiger partial charge is 0.402 e. The van der Waals surface area contributed by atoms with Crippen molar-refractivity contribution >= 4 is 40.0 Å². The van der Waals surface area contributed by atoms with Gasteiger partial charge in [0.1, 0.15) is 14.1 Å². The van der Waals surface area contributed by atoms with E-state index >= 15 is 0 Å². The van der Waals surface area contributed by atoms with E-state index in [1.165, 1.54) is 21.6 Å². The molecule has 0 spiro atoms. The summed E-state index contributed by atoms with van der Waals surface area (Å²) in [5.74, 6) is -1.08. The number of carboxylic acids is 1. The maximum absolute atomic E-state index is 11.7. The minimum absolute atomic E-state index is 0.0347. The summed E-state index contributed by atoms with van der Waals surface area (Å²) >= 11 is 1.97. The maximum atomic E-state index is 11.7. The number of thioether (sulfide) groups is 2. The Morgan fingerprint density at radius 1 is 1.05 bits per heavy atom. The Bertz CT molecular complexity index is 596. The van der Waals surface area contributed by atoms with Crippen molar-refractivity contribution in [2.24, 2.45) is 0 Å². The van der Waals surface area contributed by atoms with E-state index in [2.05, 4.69) is 0 Å². The molecule has 1 aromatic carbocycles. The quantitative estimate of drug-likeness (QED) is 0.384. The molecule has 0 aliphatic carbocycles. The van der Waals surface area contributed by atoms with Gasteiger partial charge in [0.05, 0.1) is 5.56 Å². The maximum Gasteiger partial charge on any atom is 0.402 e. The molecule has 21 heavy (non-hydrogen) atoms. The van der Waals surface area contributed by atoms with Gasteiger partial charge in [-0.05, 0) is 30.0 Å². The highest BCUT2D eigenvalue weighted by molar-refractivity contribution is 8.14. The summed E-state index contributed by atoms with van der Waals surface area (Å²) in [6.45, 7) is 0. The van der Waals surface area contributed by atoms with E-state index in [0.717, 1.165) is 23.5 Å². The monoisotopic (exact) mass is 329 g/mol. The minimum Gasteiger partial charge on any atom is -0.478 e. The van der Waals surface area contributed by atoms with Gasteiger partial charge in [0.2, 0.25) is 0 Å². The van der Waals surface area contributed by atoms with Crippen LogP contribution < -0.4 is 0 Å². The Labute approximate surface area is 131 Å². The first-order valence-corrected chi connectivity index (χ1v) is 7.52. The zero-order valence-electron chi connectivity index (χ0n) is 12.2. The van der Waals surface area contributed by atoms with E-state index in [4.69, 9.17) is 5.11 Å². The van der Waals surface area contributed by atoms with Gasteiger partial charge < -0.3 is 15.1 Å². The molecule has 0 radical (unpaired) electrons. The number of hydrogen-bond donors (Lipinski definition) is 2. The standard InChI is InChI=1S/C13H16N2O4S2/c1-14(2)12(18)20-9-5-8(11(16)17)6-10(7-9)21-13(19)15(3)4/h5-7H,1-4H3,(H,16,17)/p+1. The van der Waals surface area contributed by atoms with Crippen LogP contribution in [-0.4, -0.2) is 64.3 Å². The molecule has 8 heteroatoms. The molecule has 0 saturated heterocycles. The zero-order chi connectivity index (χ0) is 16.2. The molecule has 1 aromatic rings. The Morgan fingerprint density at radius 2 is 1.57 bits per heavy atom. The van der Waals surface area contributed by atoms with E-state index in [9.17, 15) is 14.7 Å². The number of nitrogens with zero attached hydrogens (tertiary/aromatic N) is 2. The molecule has 114 valence electrons. The number of aromatic carboxylic acids is 1. The van der Waals surface area contributed by atoms with Gasteiger partial charge in [-0.3, -0.25) is 4.79 Å². The van der Waals surface area contributed by atoms with Crippen LogP contribution in [0.15, 0.2) is 28.0 Å². The summed E-state index contributed by atoms with van der Waals surface area (Å²) in [4.78, 5) is 25.3. The molecule has 0 aromatic heterocycles. The van der Waals surface area contributed by atoms with Gasteiger partial charge in [0.25, 0.3) is 5.24 Å². The van der Waals surface area contributed by atoms with Crippen LogP contribution in [0.2, 0.25) is 0 Å². The van der Waals surface area contributed by atoms with Crippen molar-refractivity contribution in [1.82, 2.24) is 4.90 Å². The van der Waals surface area contributed by atoms with Crippen molar-refractivity contribution in [3.05, 3.63) is 23.8 Å². The highest BCUT2D eigenvalue weighted by Gasteiger charge is 2.15. The summed E-state index contributed by atoms with van der Waals surface area (Å²) in [6.07, 6.45) is 0. The first kappa shape index (κ1) is 17.4. The summed E-state index contributed by atoms with van der Waals surface area (Å²) in [6, 6.07) is 4.56. The van der Waals surface area contributed by atoms with E-state index in [-0.39, 0.29) is 16.0 Å². The van der Waals surface area contributed by atoms with Crippen molar-refractivity contribution in [2.45, 2.75) is 9.79 Å². The second-order valence-corrected chi connectivity index (χ2v) is 6.61. The van der Waals surface area contributed by atoms with Crippen molar-refractivity contribution in [3.63, 3.8) is 0 Å². The van der Waals surface area contributed by atoms with Crippen LogP contribution in [0.4, 0.5) is 4.79 Å². The molecule has 0 atom stereocenters. The number of carboxylic acid groups (broad SMARTS) is 1. The van der Waals surface area contributed by atoms with Gasteiger partial charge in [0.15, 0.2) is 0 Å². The molecule has 0 saturated carbocycles. The van der Waals surface area contributed by atoms with Crippen LogP contribution in [0.25, 0.3) is 0 Å². The molecular formula is C13H17N2O4S2+. The van der Waals surface area contributed by atoms with Crippen LogP contribution in [0.1, 0.15) is 10.4 Å². The van der Waals surface area contributed by atoms with E-state index in [1.54, 1.807) is 34.3 Å². The molecule has 2 N–H and O–H groups in total. The molecule has 0 unspecified atom stereocenters. The average Bonchev–Trinajstić information content (AvgIpc) is 2.37. The summed E-state index contributed by atoms with van der Waals surface area (Å²) in [5.41, 5.74) is 0.0700. The number of benzene rings is 1. The molecular weight excluding hydrogens is 312 g/mol. The molecule has 0 aliphatic heterocycles. The fourth-order valence-corrected chi connectivity index (χ4v) is 2.80. The van der Waals surface area contributed by atoms with Crippen LogP contribution in [-0.2, 0) is 0 Å². The van der Waals surface area contributed by atoms with Gasteiger partial charge >= 0.3 is 11.2 Å². The summed E-state index contributed by atoms with van der Waals surface area (Å²) < 4.78 is 1.51. The van der Waals surface area contributed by atoms with E-state index in [0.29, 0.717) is 9.79 Å². The molecule has 1 amide bonds. The predicted molar refractivity (Wildman–Crippen MR) is 83.9 cm³/mol. The van der Waals surface area contributed by atoms with Crippen molar-refractivity contribution in [3.8, 4) is 0 Å². The Kier molecular flexibility index (Phi) is 6.10. The SMILES string of the molecule is CN(C)C(=O)Sc1cc(SC(O)=[N+](C)C)cc(C(=O)O)c1. The predicted octanol–water partition coefficient (Wildman–Crippen LogP) is 2.44. The number of hydrogen-bond acceptors (Lipinski definition) is 4. The number of carbonyl (C=O) groups is 2. The van der Waals surface area contributed by atoms with E-state index < -0.39 is 5.97 Å². The molecule has 0 bridgehead atoms. The van der Waals surface area contributed by atoms with Gasteiger partial charge in [-0.15, -0.1) is 0 Å². The normalized spacial score (nSPS) is 10.1. The van der Waals surface area contributed by atoms with Crippen LogP contribution in [0.5, 0.6) is 0 Å². The Hall–Kier alpha value is -1.67. The number of aliphatic hydroxyl groups is 1. The zero-order valence-corrected chi connectivity index (χ0v) is 13.8. The van der Waals surface area contributed by atoms with Crippen LogP contribution in [0.3, 0.4) is 0 Å². The lowest BCUT2D eigenvalue weighted by Gasteiger charge is -2.10. The molecule has 0 fully saturated rings. The third-order valence-electron chi connectivity index (χ3n) is 2.29. The lowest BCUT2D eigenvalue weighted by atomic mass is 10.2. The average molecular weight is 329 g/mol. The second-order valence-electron chi connectivity index (χ2n) is 4.54. The number of amides is 1. The lowest BCUT2D eigenvalue weighted by molar-refractivity contribution is -0.469. The van der Waals surface area contributed by atoms with Crippen molar-refractivity contribution < 1.29 is 24.4 Å². The highest BCUT2D eigenvalue weighted by atomic mass is 32.2. The Morgan fingerprint density at radius 3 is 2.00 bits per heavy atom. The van der Waals surface area contributed by atoms with Crippen molar-refractivity contribution in [1.29, 1.82) is 0 Å². The first-order valence-electron chi connectivity index (χ1n) is 5.89.